The van der Waals surface area contributed by atoms with Crippen molar-refractivity contribution in [2.45, 2.75) is 52.7 Å². The lowest BCUT2D eigenvalue weighted by Crippen LogP contribution is -2.60. The van der Waals surface area contributed by atoms with Crippen LogP contribution in [0.1, 0.15) is 50.9 Å². The van der Waals surface area contributed by atoms with Gasteiger partial charge in [-0.15, -0.1) is 0 Å². The molecule has 0 aliphatic carbocycles. The second-order valence-electron chi connectivity index (χ2n) is 8.03. The van der Waals surface area contributed by atoms with Crippen LogP contribution in [0.4, 0.5) is 0 Å². The van der Waals surface area contributed by atoms with Gasteiger partial charge in [0.15, 0.2) is 5.11 Å². The number of esters is 1. The highest BCUT2D eigenvalue weighted by Gasteiger charge is 2.34. The van der Waals surface area contributed by atoms with E-state index < -0.39 is 17.9 Å². The molecule has 0 aromatic heterocycles. The summed E-state index contributed by atoms with van der Waals surface area (Å²) in [5.74, 6) is -0.387. The van der Waals surface area contributed by atoms with Crippen molar-refractivity contribution in [3.63, 3.8) is 0 Å². The maximum atomic E-state index is 12.8. The Morgan fingerprint density at radius 2 is 1.97 bits per heavy atom. The van der Waals surface area contributed by atoms with E-state index in [0.717, 1.165) is 6.42 Å². The van der Waals surface area contributed by atoms with Crippen molar-refractivity contribution in [1.82, 2.24) is 15.5 Å². The number of amides is 2. The summed E-state index contributed by atoms with van der Waals surface area (Å²) in [7, 11) is 0. The average molecular weight is 450 g/mol. The van der Waals surface area contributed by atoms with E-state index in [1.165, 1.54) is 0 Å². The molecular weight excluding hydrogens is 418 g/mol. The number of carbonyl (C=O) groups is 3. The Balaban J connectivity index is 2.05. The number of benzene rings is 1. The summed E-state index contributed by atoms with van der Waals surface area (Å²) in [6.45, 7) is 8.86. The normalized spacial score (nSPS) is 16.1. The zero-order valence-corrected chi connectivity index (χ0v) is 19.3. The number of hydrogen-bond donors (Lipinski definition) is 2. The number of rotatable bonds is 8. The summed E-state index contributed by atoms with van der Waals surface area (Å²) in [6, 6.07) is 6.03. The third-order valence-corrected chi connectivity index (χ3v) is 4.96. The quantitative estimate of drug-likeness (QED) is 0.464. The molecule has 0 saturated carbocycles. The van der Waals surface area contributed by atoms with Crippen molar-refractivity contribution in [2.24, 2.45) is 5.92 Å². The Hall–Kier alpha value is -2.68. The number of carbonyl (C=O) groups excluding carboxylic acids is 3. The highest BCUT2D eigenvalue weighted by molar-refractivity contribution is 7.80. The molecule has 2 N–H and O–H groups in total. The van der Waals surface area contributed by atoms with Gasteiger partial charge in [-0.1, -0.05) is 26.0 Å². The fraction of sp³-hybridized carbons (Fsp3) is 0.545. The first-order valence-electron chi connectivity index (χ1n) is 10.5. The highest BCUT2D eigenvalue weighted by Crippen LogP contribution is 2.20. The van der Waals surface area contributed by atoms with Gasteiger partial charge >= 0.3 is 5.97 Å². The lowest BCUT2D eigenvalue weighted by atomic mass is 10.1. The summed E-state index contributed by atoms with van der Waals surface area (Å²) in [4.78, 5) is 39.0. The van der Waals surface area contributed by atoms with E-state index in [1.54, 1.807) is 29.2 Å². The van der Waals surface area contributed by atoms with E-state index in [2.05, 4.69) is 10.6 Å². The zero-order chi connectivity index (χ0) is 23.0. The highest BCUT2D eigenvalue weighted by atomic mass is 32.1. The van der Waals surface area contributed by atoms with Gasteiger partial charge in [0.05, 0.1) is 24.7 Å². The van der Waals surface area contributed by atoms with Crippen LogP contribution in [0.5, 0.6) is 5.75 Å². The Morgan fingerprint density at radius 1 is 1.26 bits per heavy atom. The Labute approximate surface area is 188 Å². The van der Waals surface area contributed by atoms with Gasteiger partial charge < -0.3 is 19.7 Å². The maximum Gasteiger partial charge on any atom is 0.308 e. The summed E-state index contributed by atoms with van der Waals surface area (Å²) >= 11 is 5.41. The molecule has 1 atom stereocenters. The lowest BCUT2D eigenvalue weighted by Gasteiger charge is -2.36. The van der Waals surface area contributed by atoms with E-state index in [1.807, 2.05) is 27.7 Å². The van der Waals surface area contributed by atoms with Crippen LogP contribution in [-0.2, 0) is 14.3 Å². The smallest absolute Gasteiger partial charge is 0.308 e. The minimum Gasteiger partial charge on any atom is -0.490 e. The number of hydrogen-bond acceptors (Lipinski definition) is 6. The van der Waals surface area contributed by atoms with Gasteiger partial charge in [0, 0.05) is 13.1 Å². The molecule has 1 aromatic rings. The lowest BCUT2D eigenvalue weighted by molar-refractivity contribution is -0.147. The Bertz CT molecular complexity index is 812. The third-order valence-electron chi connectivity index (χ3n) is 4.62. The SMILES string of the molecule is CC(C)CCOC(=O)CC1C(=O)NCCN1C(=S)NC(=O)c1ccccc1OC(C)C. The molecular formula is C22H31N3O5S. The minimum atomic E-state index is -0.838. The van der Waals surface area contributed by atoms with Crippen LogP contribution in [0.15, 0.2) is 24.3 Å². The van der Waals surface area contributed by atoms with Gasteiger partial charge in [-0.25, -0.2) is 0 Å². The maximum absolute atomic E-state index is 12.8. The van der Waals surface area contributed by atoms with Crippen molar-refractivity contribution < 1.29 is 23.9 Å². The standard InChI is InChI=1S/C22H31N3O5S/c1-14(2)9-12-29-19(26)13-17-21(28)23-10-11-25(17)22(31)24-20(27)16-7-5-6-8-18(16)30-15(3)4/h5-8,14-15,17H,9-13H2,1-4H3,(H,23,28)(H,24,27,31). The molecule has 1 unspecified atom stereocenters. The predicted octanol–water partition coefficient (Wildman–Crippen LogP) is 2.27. The van der Waals surface area contributed by atoms with E-state index in [-0.39, 0.29) is 23.5 Å². The van der Waals surface area contributed by atoms with Gasteiger partial charge in [-0.05, 0) is 50.5 Å². The van der Waals surface area contributed by atoms with Crippen LogP contribution >= 0.6 is 12.2 Å². The van der Waals surface area contributed by atoms with E-state index in [9.17, 15) is 14.4 Å². The number of ether oxygens (including phenoxy) is 2. The topological polar surface area (TPSA) is 97.0 Å². The molecule has 1 aromatic carbocycles. The van der Waals surface area contributed by atoms with E-state index in [0.29, 0.717) is 36.9 Å². The number of nitrogens with zero attached hydrogens (tertiary/aromatic N) is 1. The first-order chi connectivity index (χ1) is 14.7. The number of para-hydroxylation sites is 1. The summed E-state index contributed by atoms with van der Waals surface area (Å²) in [5.41, 5.74) is 0.338. The molecule has 0 spiro atoms. The molecule has 1 aliphatic heterocycles. The van der Waals surface area contributed by atoms with Gasteiger partial charge in [0.1, 0.15) is 11.8 Å². The van der Waals surface area contributed by atoms with Crippen molar-refractivity contribution in [1.29, 1.82) is 0 Å². The van der Waals surface area contributed by atoms with Gasteiger partial charge in [0.25, 0.3) is 5.91 Å². The summed E-state index contributed by atoms with van der Waals surface area (Å²) in [6.07, 6.45) is 0.504. The summed E-state index contributed by atoms with van der Waals surface area (Å²) < 4.78 is 10.9. The largest absolute Gasteiger partial charge is 0.490 e. The third kappa shape index (κ3) is 7.50. The van der Waals surface area contributed by atoms with Gasteiger partial charge in [-0.3, -0.25) is 19.7 Å². The van der Waals surface area contributed by atoms with Gasteiger partial charge in [0.2, 0.25) is 5.91 Å². The Morgan fingerprint density at radius 3 is 2.65 bits per heavy atom. The van der Waals surface area contributed by atoms with Crippen molar-refractivity contribution in [3.8, 4) is 5.75 Å². The molecule has 8 nitrogen and oxygen atoms in total. The van der Waals surface area contributed by atoms with Crippen molar-refractivity contribution >= 4 is 35.1 Å². The number of piperazine rings is 1. The molecule has 170 valence electrons. The molecule has 0 bridgehead atoms. The minimum absolute atomic E-state index is 0.0826. The Kier molecular flexibility index (Phi) is 9.23. The summed E-state index contributed by atoms with van der Waals surface area (Å²) in [5, 5.41) is 5.48. The fourth-order valence-corrected chi connectivity index (χ4v) is 3.34. The van der Waals surface area contributed by atoms with E-state index in [4.69, 9.17) is 21.7 Å². The van der Waals surface area contributed by atoms with Crippen LogP contribution in [0.3, 0.4) is 0 Å². The molecule has 0 radical (unpaired) electrons. The monoisotopic (exact) mass is 449 g/mol. The molecule has 2 rings (SSSR count). The molecule has 1 heterocycles. The van der Waals surface area contributed by atoms with Gasteiger partial charge in [-0.2, -0.15) is 0 Å². The van der Waals surface area contributed by atoms with E-state index >= 15 is 0 Å². The molecule has 1 fully saturated rings. The molecule has 9 heteroatoms. The zero-order valence-electron chi connectivity index (χ0n) is 18.5. The first-order valence-corrected chi connectivity index (χ1v) is 10.9. The molecule has 1 saturated heterocycles. The average Bonchev–Trinajstić information content (AvgIpc) is 2.69. The van der Waals surface area contributed by atoms with Crippen LogP contribution in [0.2, 0.25) is 0 Å². The van der Waals surface area contributed by atoms with Crippen LogP contribution in [0.25, 0.3) is 0 Å². The van der Waals surface area contributed by atoms with Crippen molar-refractivity contribution in [3.05, 3.63) is 29.8 Å². The fourth-order valence-electron chi connectivity index (χ4n) is 3.03. The second kappa shape index (κ2) is 11.6. The second-order valence-corrected chi connectivity index (χ2v) is 8.42. The number of nitrogens with one attached hydrogen (secondary N) is 2. The predicted molar refractivity (Wildman–Crippen MR) is 121 cm³/mol. The van der Waals surface area contributed by atoms with Crippen LogP contribution in [-0.4, -0.2) is 59.6 Å². The van der Waals surface area contributed by atoms with Crippen LogP contribution < -0.4 is 15.4 Å². The van der Waals surface area contributed by atoms with Crippen molar-refractivity contribution in [2.75, 3.05) is 19.7 Å². The number of thiocarbonyl (C=S) groups is 1. The molecule has 1 aliphatic rings. The first kappa shape index (κ1) is 24.6. The van der Waals surface area contributed by atoms with Crippen LogP contribution in [0, 0.1) is 5.92 Å². The molecule has 2 amide bonds. The molecule has 31 heavy (non-hydrogen) atoms.